The molecule has 5 nitrogen and oxygen atoms in total. The molecule has 2 aromatic rings. The van der Waals surface area contributed by atoms with Crippen molar-refractivity contribution in [3.8, 4) is 23.3 Å². The first-order valence-electron chi connectivity index (χ1n) is 6.24. The summed E-state index contributed by atoms with van der Waals surface area (Å²) in [6, 6.07) is 6.45. The van der Waals surface area contributed by atoms with Crippen molar-refractivity contribution in [3.05, 3.63) is 50.8 Å². The molecule has 0 amide bonds. The van der Waals surface area contributed by atoms with Gasteiger partial charge in [-0.3, -0.25) is 4.79 Å². The van der Waals surface area contributed by atoms with Crippen LogP contribution < -0.4 is 11.3 Å². The van der Waals surface area contributed by atoms with Crippen LogP contribution in [0.25, 0.3) is 11.1 Å². The standard InChI is InChI=1S/C15H9F3N4O/c1-7-2-3-11(15(16,17)18)8(4-7)12-9(5-19)13(21)22-14(23)10(12)6-20/h2-4H,1H3,(H3,21,22,23). The lowest BCUT2D eigenvalue weighted by Gasteiger charge is -2.16. The Bertz CT molecular complexity index is 930. The maximum Gasteiger partial charge on any atom is 0.417 e. The van der Waals surface area contributed by atoms with Gasteiger partial charge in [0.25, 0.3) is 5.56 Å². The molecule has 23 heavy (non-hydrogen) atoms. The van der Waals surface area contributed by atoms with E-state index in [1.165, 1.54) is 12.1 Å². The number of alkyl halides is 3. The van der Waals surface area contributed by atoms with Crippen LogP contribution in [0.1, 0.15) is 22.3 Å². The van der Waals surface area contributed by atoms with Crippen LogP contribution in [0.5, 0.6) is 0 Å². The maximum atomic E-state index is 13.3. The third-order valence-corrected chi connectivity index (χ3v) is 3.22. The number of halogens is 3. The molecule has 3 N–H and O–H groups in total. The van der Waals surface area contributed by atoms with Gasteiger partial charge in [-0.05, 0) is 18.6 Å². The molecular weight excluding hydrogens is 309 g/mol. The minimum absolute atomic E-state index is 0.378. The Morgan fingerprint density at radius 2 is 1.78 bits per heavy atom. The molecule has 0 aliphatic rings. The Labute approximate surface area is 128 Å². The van der Waals surface area contributed by atoms with Crippen molar-refractivity contribution < 1.29 is 13.2 Å². The van der Waals surface area contributed by atoms with E-state index in [-0.39, 0.29) is 11.4 Å². The number of benzene rings is 1. The van der Waals surface area contributed by atoms with E-state index in [0.29, 0.717) is 5.56 Å². The second-order valence-electron chi connectivity index (χ2n) is 4.76. The largest absolute Gasteiger partial charge is 0.417 e. The molecule has 0 atom stereocenters. The summed E-state index contributed by atoms with van der Waals surface area (Å²) in [6.45, 7) is 1.55. The number of pyridine rings is 1. The highest BCUT2D eigenvalue weighted by molar-refractivity contribution is 5.82. The van der Waals surface area contributed by atoms with Gasteiger partial charge in [-0.2, -0.15) is 23.7 Å². The van der Waals surface area contributed by atoms with Gasteiger partial charge >= 0.3 is 6.18 Å². The molecule has 0 saturated heterocycles. The number of nitrogens with zero attached hydrogens (tertiary/aromatic N) is 2. The van der Waals surface area contributed by atoms with Crippen molar-refractivity contribution >= 4 is 5.82 Å². The van der Waals surface area contributed by atoms with E-state index in [1.54, 1.807) is 19.1 Å². The molecule has 0 radical (unpaired) electrons. The molecule has 1 aromatic carbocycles. The molecule has 0 unspecified atom stereocenters. The highest BCUT2D eigenvalue weighted by Crippen LogP contribution is 2.40. The molecule has 2 rings (SSSR count). The third kappa shape index (κ3) is 2.74. The van der Waals surface area contributed by atoms with E-state index in [2.05, 4.69) is 4.98 Å². The fourth-order valence-corrected chi connectivity index (χ4v) is 2.22. The SMILES string of the molecule is Cc1ccc(C(F)(F)F)c(-c2c(C#N)c(N)[nH]c(=O)c2C#N)c1. The lowest BCUT2D eigenvalue weighted by atomic mass is 9.91. The molecule has 0 spiro atoms. The average Bonchev–Trinajstić information content (AvgIpc) is 2.45. The highest BCUT2D eigenvalue weighted by Gasteiger charge is 2.35. The minimum atomic E-state index is -4.72. The van der Waals surface area contributed by atoms with E-state index in [4.69, 9.17) is 11.0 Å². The van der Waals surface area contributed by atoms with Gasteiger partial charge in [0, 0.05) is 5.56 Å². The van der Waals surface area contributed by atoms with Crippen molar-refractivity contribution in [2.75, 3.05) is 5.73 Å². The van der Waals surface area contributed by atoms with Gasteiger partial charge in [0.1, 0.15) is 29.1 Å². The quantitative estimate of drug-likeness (QED) is 0.843. The van der Waals surface area contributed by atoms with Crippen molar-refractivity contribution in [1.29, 1.82) is 10.5 Å². The number of rotatable bonds is 1. The predicted octanol–water partition coefficient (Wildman–Crippen LogP) is 2.69. The summed E-state index contributed by atoms with van der Waals surface area (Å²) in [5.41, 5.74) is 2.18. The van der Waals surface area contributed by atoms with Gasteiger partial charge in [-0.1, -0.05) is 17.7 Å². The molecule has 1 aromatic heterocycles. The third-order valence-electron chi connectivity index (χ3n) is 3.22. The zero-order valence-electron chi connectivity index (χ0n) is 11.7. The molecule has 8 heteroatoms. The summed E-state index contributed by atoms with van der Waals surface area (Å²) >= 11 is 0. The van der Waals surface area contributed by atoms with Crippen molar-refractivity contribution in [2.24, 2.45) is 0 Å². The fraction of sp³-hybridized carbons (Fsp3) is 0.133. The number of aryl methyl sites for hydroxylation is 1. The first-order valence-corrected chi connectivity index (χ1v) is 6.24. The van der Waals surface area contributed by atoms with Gasteiger partial charge in [-0.15, -0.1) is 0 Å². The number of hydrogen-bond donors (Lipinski definition) is 2. The van der Waals surface area contributed by atoms with Crippen molar-refractivity contribution in [2.45, 2.75) is 13.1 Å². The van der Waals surface area contributed by atoms with Crippen LogP contribution in [-0.2, 0) is 6.18 Å². The van der Waals surface area contributed by atoms with Crippen LogP contribution in [0, 0.1) is 29.6 Å². The molecule has 0 bridgehead atoms. The van der Waals surface area contributed by atoms with Crippen LogP contribution in [0.4, 0.5) is 19.0 Å². The van der Waals surface area contributed by atoms with Crippen LogP contribution in [0.3, 0.4) is 0 Å². The second kappa shape index (κ2) is 5.50. The molecular formula is C15H9F3N4O. The summed E-state index contributed by atoms with van der Waals surface area (Å²) in [4.78, 5) is 13.9. The number of anilines is 1. The summed E-state index contributed by atoms with van der Waals surface area (Å²) in [7, 11) is 0. The normalized spacial score (nSPS) is 10.9. The molecule has 0 aliphatic heterocycles. The summed E-state index contributed by atoms with van der Waals surface area (Å²) in [5.74, 6) is -0.388. The van der Waals surface area contributed by atoms with Crippen LogP contribution in [-0.4, -0.2) is 4.98 Å². The Balaban J connectivity index is 3.05. The topological polar surface area (TPSA) is 106 Å². The maximum absolute atomic E-state index is 13.3. The van der Waals surface area contributed by atoms with E-state index >= 15 is 0 Å². The summed E-state index contributed by atoms with van der Waals surface area (Å²) in [6.07, 6.45) is -4.72. The first-order chi connectivity index (χ1) is 10.7. The van der Waals surface area contributed by atoms with E-state index in [1.807, 2.05) is 0 Å². The zero-order valence-corrected chi connectivity index (χ0v) is 11.7. The molecule has 116 valence electrons. The average molecular weight is 318 g/mol. The van der Waals surface area contributed by atoms with E-state index in [0.717, 1.165) is 6.07 Å². The smallest absolute Gasteiger partial charge is 0.384 e. The lowest BCUT2D eigenvalue weighted by molar-refractivity contribution is -0.137. The second-order valence-corrected chi connectivity index (χ2v) is 4.76. The summed E-state index contributed by atoms with van der Waals surface area (Å²) < 4.78 is 39.8. The number of nitrogens with two attached hydrogens (primary N) is 1. The molecule has 1 heterocycles. The number of nitrogens with one attached hydrogen (secondary N) is 1. The number of H-pyrrole nitrogens is 1. The van der Waals surface area contributed by atoms with Gasteiger partial charge in [-0.25, -0.2) is 0 Å². The number of aromatic amines is 1. The van der Waals surface area contributed by atoms with E-state index in [9.17, 15) is 23.2 Å². The number of nitriles is 2. The van der Waals surface area contributed by atoms with E-state index < -0.39 is 34.0 Å². The van der Waals surface area contributed by atoms with Crippen LogP contribution >= 0.6 is 0 Å². The molecule has 0 saturated carbocycles. The van der Waals surface area contributed by atoms with Crippen LogP contribution in [0.2, 0.25) is 0 Å². The molecule has 0 fully saturated rings. The van der Waals surface area contributed by atoms with Crippen molar-refractivity contribution in [1.82, 2.24) is 4.98 Å². The highest BCUT2D eigenvalue weighted by atomic mass is 19.4. The minimum Gasteiger partial charge on any atom is -0.384 e. The predicted molar refractivity (Wildman–Crippen MR) is 76.1 cm³/mol. The van der Waals surface area contributed by atoms with Gasteiger partial charge < -0.3 is 10.7 Å². The number of hydrogen-bond acceptors (Lipinski definition) is 4. The number of aromatic nitrogens is 1. The Morgan fingerprint density at radius 1 is 1.17 bits per heavy atom. The zero-order chi connectivity index (χ0) is 17.4. The van der Waals surface area contributed by atoms with Crippen molar-refractivity contribution in [3.63, 3.8) is 0 Å². The Morgan fingerprint density at radius 3 is 2.30 bits per heavy atom. The van der Waals surface area contributed by atoms with Gasteiger partial charge in [0.15, 0.2) is 0 Å². The Kier molecular flexibility index (Phi) is 3.86. The Hall–Kier alpha value is -3.26. The first kappa shape index (κ1) is 16.1. The van der Waals surface area contributed by atoms with Crippen LogP contribution in [0.15, 0.2) is 23.0 Å². The lowest BCUT2D eigenvalue weighted by Crippen LogP contribution is -2.18. The van der Waals surface area contributed by atoms with Gasteiger partial charge in [0.2, 0.25) is 0 Å². The fourth-order valence-electron chi connectivity index (χ4n) is 2.22. The summed E-state index contributed by atoms with van der Waals surface area (Å²) in [5, 5.41) is 18.3. The van der Waals surface area contributed by atoms with Gasteiger partial charge in [0.05, 0.1) is 5.56 Å². The molecule has 0 aliphatic carbocycles. The monoisotopic (exact) mass is 318 g/mol. The number of nitrogen functional groups attached to an aromatic ring is 1.